The summed E-state index contributed by atoms with van der Waals surface area (Å²) in [5, 5.41) is 0.844. The first-order chi connectivity index (χ1) is 13.7. The zero-order valence-corrected chi connectivity index (χ0v) is 16.6. The molecule has 0 spiro atoms. The smallest absolute Gasteiger partial charge is 0.348 e. The van der Waals surface area contributed by atoms with Crippen LogP contribution in [-0.2, 0) is 19.0 Å². The summed E-state index contributed by atoms with van der Waals surface area (Å²) in [6.07, 6.45) is -2.90. The number of hydrogen-bond donors (Lipinski definition) is 0. The van der Waals surface area contributed by atoms with Crippen molar-refractivity contribution >= 4 is 41.1 Å². The molecule has 9 heteroatoms. The summed E-state index contributed by atoms with van der Waals surface area (Å²) >= 11 is 11.5. The molecule has 0 amide bonds. The number of ether oxygens (including phenoxy) is 3. The molecule has 0 bridgehead atoms. The van der Waals surface area contributed by atoms with E-state index in [4.69, 9.17) is 37.4 Å². The lowest BCUT2D eigenvalue weighted by molar-refractivity contribution is -0.150. The van der Waals surface area contributed by atoms with Crippen molar-refractivity contribution in [1.29, 1.82) is 0 Å². The first-order valence-corrected chi connectivity index (χ1v) is 9.23. The summed E-state index contributed by atoms with van der Waals surface area (Å²) in [6, 6.07) is 11.6. The second kappa shape index (κ2) is 8.39. The fourth-order valence-corrected chi connectivity index (χ4v) is 2.94. The van der Waals surface area contributed by atoms with Crippen LogP contribution in [0.5, 0.6) is 0 Å². The van der Waals surface area contributed by atoms with Gasteiger partial charge in [-0.1, -0.05) is 23.2 Å². The topological polar surface area (TPSA) is 78.9 Å². The van der Waals surface area contributed by atoms with Crippen LogP contribution in [0.4, 0.5) is 4.39 Å². The van der Waals surface area contributed by atoms with Gasteiger partial charge < -0.3 is 14.2 Å². The molecule has 1 fully saturated rings. The third-order valence-electron chi connectivity index (χ3n) is 4.30. The Morgan fingerprint density at radius 3 is 2.00 bits per heavy atom. The number of esters is 3. The zero-order chi connectivity index (χ0) is 21.2. The van der Waals surface area contributed by atoms with Crippen LogP contribution in [0.1, 0.15) is 27.6 Å². The molecule has 6 nitrogen and oxygen atoms in total. The second-order valence-electron chi connectivity index (χ2n) is 6.46. The van der Waals surface area contributed by atoms with Crippen LogP contribution >= 0.6 is 23.2 Å². The Morgan fingerprint density at radius 2 is 1.48 bits per heavy atom. The van der Waals surface area contributed by atoms with Gasteiger partial charge in [0.05, 0.1) is 11.1 Å². The molecule has 3 atom stereocenters. The Hall–Kier alpha value is -2.64. The van der Waals surface area contributed by atoms with Gasteiger partial charge in [-0.15, -0.1) is 0 Å². The van der Waals surface area contributed by atoms with Gasteiger partial charge in [-0.2, -0.15) is 0 Å². The van der Waals surface area contributed by atoms with Gasteiger partial charge in [0.2, 0.25) is 5.67 Å². The van der Waals surface area contributed by atoms with Gasteiger partial charge >= 0.3 is 17.9 Å². The van der Waals surface area contributed by atoms with Gasteiger partial charge in [-0.05, 0) is 55.5 Å². The van der Waals surface area contributed by atoms with Crippen molar-refractivity contribution in [2.75, 3.05) is 6.61 Å². The minimum absolute atomic E-state index is 0.112. The van der Waals surface area contributed by atoms with E-state index in [9.17, 15) is 18.8 Å². The molecule has 152 valence electrons. The Bertz CT molecular complexity index is 927. The van der Waals surface area contributed by atoms with E-state index >= 15 is 0 Å². The third kappa shape index (κ3) is 4.68. The van der Waals surface area contributed by atoms with Crippen molar-refractivity contribution in [2.45, 2.75) is 24.8 Å². The second-order valence-corrected chi connectivity index (χ2v) is 7.33. The molecular formula is C20H15Cl2FO6. The molecule has 0 N–H and O–H groups in total. The molecule has 0 aromatic heterocycles. The van der Waals surface area contributed by atoms with Crippen LogP contribution in [0.15, 0.2) is 48.5 Å². The Kier molecular flexibility index (Phi) is 6.10. The molecule has 3 rings (SSSR count). The summed E-state index contributed by atoms with van der Waals surface area (Å²) < 4.78 is 30.0. The van der Waals surface area contributed by atoms with E-state index in [0.717, 1.165) is 6.92 Å². The predicted molar refractivity (Wildman–Crippen MR) is 102 cm³/mol. The standard InChI is InChI=1S/C20H15Cl2FO6/c1-20(23)16(29-18(25)12-4-8-14(22)9-5-12)15(28-19(20)26)10-27-17(24)11-2-6-13(21)7-3-11/h2-9,15-16H,10H2,1H3. The van der Waals surface area contributed by atoms with E-state index in [1.807, 2.05) is 0 Å². The lowest BCUT2D eigenvalue weighted by atomic mass is 10.00. The van der Waals surface area contributed by atoms with Crippen LogP contribution in [0.3, 0.4) is 0 Å². The highest BCUT2D eigenvalue weighted by molar-refractivity contribution is 6.31. The van der Waals surface area contributed by atoms with Gasteiger partial charge in [0, 0.05) is 10.0 Å². The van der Waals surface area contributed by atoms with E-state index in [1.54, 1.807) is 0 Å². The van der Waals surface area contributed by atoms with Gasteiger partial charge in [0.15, 0.2) is 12.2 Å². The van der Waals surface area contributed by atoms with Gasteiger partial charge in [0.1, 0.15) is 6.61 Å². The highest BCUT2D eigenvalue weighted by Crippen LogP contribution is 2.33. The lowest BCUT2D eigenvalue weighted by Crippen LogP contribution is -2.44. The number of rotatable bonds is 5. The molecule has 1 heterocycles. The fraction of sp³-hybridized carbons (Fsp3) is 0.250. The van der Waals surface area contributed by atoms with Gasteiger partial charge in [-0.25, -0.2) is 18.8 Å². The molecule has 2 aromatic carbocycles. The number of halogens is 3. The van der Waals surface area contributed by atoms with Crippen LogP contribution in [-0.4, -0.2) is 42.4 Å². The summed E-state index contributed by atoms with van der Waals surface area (Å²) in [6.45, 7) is 0.446. The van der Waals surface area contributed by atoms with Crippen molar-refractivity contribution in [3.63, 3.8) is 0 Å². The molecule has 0 radical (unpaired) electrons. The van der Waals surface area contributed by atoms with E-state index < -0.39 is 42.4 Å². The monoisotopic (exact) mass is 440 g/mol. The fourth-order valence-electron chi connectivity index (χ4n) is 2.68. The van der Waals surface area contributed by atoms with E-state index in [1.165, 1.54) is 48.5 Å². The van der Waals surface area contributed by atoms with E-state index in [0.29, 0.717) is 10.0 Å². The minimum Gasteiger partial charge on any atom is -0.458 e. The maximum absolute atomic E-state index is 14.8. The highest BCUT2D eigenvalue weighted by Gasteiger charge is 2.58. The zero-order valence-electron chi connectivity index (χ0n) is 15.1. The SMILES string of the molecule is CC1(F)C(=O)OC(COC(=O)c2ccc(Cl)cc2)C1OC(=O)c1ccc(Cl)cc1. The van der Waals surface area contributed by atoms with Crippen LogP contribution in [0, 0.1) is 0 Å². The molecule has 29 heavy (non-hydrogen) atoms. The molecule has 1 saturated heterocycles. The molecule has 3 unspecified atom stereocenters. The number of cyclic esters (lactones) is 1. The van der Waals surface area contributed by atoms with Crippen molar-refractivity contribution in [1.82, 2.24) is 0 Å². The number of carbonyl (C=O) groups excluding carboxylic acids is 3. The highest BCUT2D eigenvalue weighted by atomic mass is 35.5. The van der Waals surface area contributed by atoms with Crippen LogP contribution < -0.4 is 0 Å². The quantitative estimate of drug-likeness (QED) is 0.515. The molecule has 2 aromatic rings. The summed E-state index contributed by atoms with van der Waals surface area (Å²) in [7, 11) is 0. The number of benzene rings is 2. The summed E-state index contributed by atoms with van der Waals surface area (Å²) in [5.74, 6) is -2.81. The predicted octanol–water partition coefficient (Wildman–Crippen LogP) is 4.03. The molecule has 1 aliphatic rings. The van der Waals surface area contributed by atoms with Crippen LogP contribution in [0.25, 0.3) is 0 Å². The number of alkyl halides is 1. The number of carbonyl (C=O) groups is 3. The number of hydrogen-bond acceptors (Lipinski definition) is 6. The third-order valence-corrected chi connectivity index (χ3v) is 4.81. The largest absolute Gasteiger partial charge is 0.458 e. The summed E-state index contributed by atoms with van der Waals surface area (Å²) in [4.78, 5) is 36.3. The van der Waals surface area contributed by atoms with Gasteiger partial charge in [-0.3, -0.25) is 0 Å². The van der Waals surface area contributed by atoms with Crippen molar-refractivity contribution in [3.8, 4) is 0 Å². The maximum atomic E-state index is 14.8. The minimum atomic E-state index is -2.60. The Morgan fingerprint density at radius 1 is 1.00 bits per heavy atom. The Labute approximate surface area is 175 Å². The van der Waals surface area contributed by atoms with Gasteiger partial charge in [0.25, 0.3) is 0 Å². The van der Waals surface area contributed by atoms with E-state index in [-0.39, 0.29) is 11.1 Å². The van der Waals surface area contributed by atoms with E-state index in [2.05, 4.69) is 0 Å². The van der Waals surface area contributed by atoms with Crippen molar-refractivity contribution in [3.05, 3.63) is 69.7 Å². The first kappa shape index (κ1) is 21.1. The first-order valence-electron chi connectivity index (χ1n) is 8.47. The average molecular weight is 441 g/mol. The Balaban J connectivity index is 1.70. The summed E-state index contributed by atoms with van der Waals surface area (Å²) in [5.41, 5.74) is -2.28. The molecule has 1 aliphatic heterocycles. The van der Waals surface area contributed by atoms with Crippen LogP contribution in [0.2, 0.25) is 10.0 Å². The van der Waals surface area contributed by atoms with Crippen molar-refractivity contribution in [2.24, 2.45) is 0 Å². The molecule has 0 aliphatic carbocycles. The molecular weight excluding hydrogens is 426 g/mol. The lowest BCUT2D eigenvalue weighted by Gasteiger charge is -2.22. The molecule has 0 saturated carbocycles. The average Bonchev–Trinajstić information content (AvgIpc) is 2.90. The van der Waals surface area contributed by atoms with Crippen molar-refractivity contribution < 1.29 is 33.0 Å². The normalized spacial score (nSPS) is 23.4. The maximum Gasteiger partial charge on any atom is 0.348 e.